The maximum Gasteiger partial charge on any atom is 0.162 e. The molecule has 1 aliphatic rings. The summed E-state index contributed by atoms with van der Waals surface area (Å²) in [5.41, 5.74) is 1.63. The molecule has 2 aromatic rings. The third-order valence-electron chi connectivity index (χ3n) is 3.24. The molecule has 0 aliphatic carbocycles. The second kappa shape index (κ2) is 6.41. The number of aldehydes is 1. The van der Waals surface area contributed by atoms with Gasteiger partial charge in [-0.25, -0.2) is 0 Å². The smallest absolute Gasteiger partial charge is 0.162 e. The molecule has 4 heteroatoms. The van der Waals surface area contributed by atoms with Crippen LogP contribution in [0.2, 0.25) is 0 Å². The van der Waals surface area contributed by atoms with Crippen LogP contribution in [0.1, 0.15) is 15.9 Å². The zero-order valence-electron chi connectivity index (χ0n) is 11.5. The highest BCUT2D eigenvalue weighted by molar-refractivity contribution is 5.76. The molecule has 1 heterocycles. The molecule has 0 bridgehead atoms. The van der Waals surface area contributed by atoms with E-state index in [-0.39, 0.29) is 6.10 Å². The van der Waals surface area contributed by atoms with Crippen LogP contribution in [-0.4, -0.2) is 25.6 Å². The van der Waals surface area contributed by atoms with Gasteiger partial charge in [0.1, 0.15) is 19.0 Å². The highest BCUT2D eigenvalue weighted by Gasteiger charge is 2.21. The van der Waals surface area contributed by atoms with E-state index in [1.165, 1.54) is 0 Å². The van der Waals surface area contributed by atoms with Gasteiger partial charge in [-0.3, -0.25) is 4.79 Å². The molecule has 108 valence electrons. The molecule has 0 radical (unpaired) electrons. The van der Waals surface area contributed by atoms with Gasteiger partial charge in [-0.15, -0.1) is 0 Å². The molecule has 1 aliphatic heterocycles. The highest BCUT2D eigenvalue weighted by atomic mass is 16.6. The Labute approximate surface area is 123 Å². The third kappa shape index (κ3) is 3.41. The first-order valence-electron chi connectivity index (χ1n) is 6.85. The third-order valence-corrected chi connectivity index (χ3v) is 3.24. The Morgan fingerprint density at radius 3 is 2.57 bits per heavy atom. The minimum Gasteiger partial charge on any atom is -0.485 e. The SMILES string of the molecule is O=Cc1ccc(OC2COC2)c(OCc2ccccc2)c1. The topological polar surface area (TPSA) is 44.8 Å². The number of hydrogen-bond acceptors (Lipinski definition) is 4. The Bertz CT molecular complexity index is 605. The molecule has 0 unspecified atom stereocenters. The van der Waals surface area contributed by atoms with E-state index in [1.54, 1.807) is 18.2 Å². The van der Waals surface area contributed by atoms with Crippen LogP contribution in [0.5, 0.6) is 11.5 Å². The van der Waals surface area contributed by atoms with Crippen LogP contribution in [-0.2, 0) is 11.3 Å². The van der Waals surface area contributed by atoms with Crippen molar-refractivity contribution in [1.29, 1.82) is 0 Å². The van der Waals surface area contributed by atoms with Crippen molar-refractivity contribution in [3.05, 3.63) is 59.7 Å². The van der Waals surface area contributed by atoms with Gasteiger partial charge in [0.25, 0.3) is 0 Å². The van der Waals surface area contributed by atoms with Crippen LogP contribution in [0.3, 0.4) is 0 Å². The molecule has 0 aromatic heterocycles. The Balaban J connectivity index is 1.75. The number of hydrogen-bond donors (Lipinski definition) is 0. The first-order valence-corrected chi connectivity index (χ1v) is 6.85. The zero-order valence-corrected chi connectivity index (χ0v) is 11.5. The summed E-state index contributed by atoms with van der Waals surface area (Å²) < 4.78 is 16.7. The number of ether oxygens (including phenoxy) is 3. The summed E-state index contributed by atoms with van der Waals surface area (Å²) in [5.74, 6) is 1.22. The Kier molecular flexibility index (Phi) is 4.17. The van der Waals surface area contributed by atoms with Crippen molar-refractivity contribution in [3.63, 3.8) is 0 Å². The minimum absolute atomic E-state index is 0.0613. The van der Waals surface area contributed by atoms with Crippen molar-refractivity contribution >= 4 is 6.29 Å². The van der Waals surface area contributed by atoms with Gasteiger partial charge >= 0.3 is 0 Å². The lowest BCUT2D eigenvalue weighted by atomic mass is 10.2. The summed E-state index contributed by atoms with van der Waals surface area (Å²) in [7, 11) is 0. The van der Waals surface area contributed by atoms with Gasteiger partial charge in [-0.05, 0) is 23.8 Å². The van der Waals surface area contributed by atoms with Crippen molar-refractivity contribution in [1.82, 2.24) is 0 Å². The standard InChI is InChI=1S/C17H16O4/c18-9-14-6-7-16(21-15-11-19-12-15)17(8-14)20-10-13-4-2-1-3-5-13/h1-9,15H,10-12H2. The average molecular weight is 284 g/mol. The van der Waals surface area contributed by atoms with Crippen molar-refractivity contribution in [3.8, 4) is 11.5 Å². The van der Waals surface area contributed by atoms with Gasteiger partial charge in [-0.1, -0.05) is 30.3 Å². The molecule has 4 nitrogen and oxygen atoms in total. The fourth-order valence-corrected chi connectivity index (χ4v) is 2.01. The van der Waals surface area contributed by atoms with E-state index >= 15 is 0 Å². The molecule has 0 saturated carbocycles. The maximum absolute atomic E-state index is 10.9. The quantitative estimate of drug-likeness (QED) is 0.765. The van der Waals surface area contributed by atoms with Gasteiger partial charge < -0.3 is 14.2 Å². The average Bonchev–Trinajstić information content (AvgIpc) is 2.50. The van der Waals surface area contributed by atoms with Crippen LogP contribution in [0.15, 0.2) is 48.5 Å². The number of benzene rings is 2. The zero-order chi connectivity index (χ0) is 14.5. The molecular weight excluding hydrogens is 268 g/mol. The molecule has 0 atom stereocenters. The van der Waals surface area contributed by atoms with Crippen LogP contribution >= 0.6 is 0 Å². The molecule has 2 aromatic carbocycles. The van der Waals surface area contributed by atoms with E-state index < -0.39 is 0 Å². The fourth-order valence-electron chi connectivity index (χ4n) is 2.01. The van der Waals surface area contributed by atoms with Gasteiger partial charge in [0, 0.05) is 5.56 Å². The Morgan fingerprint density at radius 1 is 1.10 bits per heavy atom. The molecule has 1 saturated heterocycles. The normalized spacial score (nSPS) is 14.3. The summed E-state index contributed by atoms with van der Waals surface area (Å²) in [5, 5.41) is 0. The van der Waals surface area contributed by atoms with Crippen molar-refractivity contribution in [2.45, 2.75) is 12.7 Å². The summed E-state index contributed by atoms with van der Waals surface area (Å²) in [6, 6.07) is 15.0. The van der Waals surface area contributed by atoms with E-state index in [9.17, 15) is 4.79 Å². The van der Waals surface area contributed by atoms with Crippen molar-refractivity contribution in [2.24, 2.45) is 0 Å². The lowest BCUT2D eigenvalue weighted by Gasteiger charge is -2.27. The summed E-state index contributed by atoms with van der Waals surface area (Å²) in [6.45, 7) is 1.61. The molecule has 0 spiro atoms. The Hall–Kier alpha value is -2.33. The number of carbonyl (C=O) groups is 1. The first kappa shape index (κ1) is 13.6. The van der Waals surface area contributed by atoms with Gasteiger partial charge in [-0.2, -0.15) is 0 Å². The second-order valence-electron chi connectivity index (χ2n) is 4.88. The molecule has 3 rings (SSSR count). The Morgan fingerprint density at radius 2 is 1.90 bits per heavy atom. The second-order valence-corrected chi connectivity index (χ2v) is 4.88. The summed E-state index contributed by atoms with van der Waals surface area (Å²) in [6.07, 6.45) is 0.858. The lowest BCUT2D eigenvalue weighted by molar-refractivity contribution is -0.0805. The number of rotatable bonds is 6. The van der Waals surface area contributed by atoms with E-state index in [0.29, 0.717) is 36.9 Å². The lowest BCUT2D eigenvalue weighted by Crippen LogP contribution is -2.38. The van der Waals surface area contributed by atoms with E-state index in [0.717, 1.165) is 11.8 Å². The predicted octanol–water partition coefficient (Wildman–Crippen LogP) is 2.86. The van der Waals surface area contributed by atoms with Crippen LogP contribution in [0.25, 0.3) is 0 Å². The maximum atomic E-state index is 10.9. The van der Waals surface area contributed by atoms with Gasteiger partial charge in [0.05, 0.1) is 13.2 Å². The first-order chi connectivity index (χ1) is 10.3. The van der Waals surface area contributed by atoms with E-state index in [2.05, 4.69) is 0 Å². The summed E-state index contributed by atoms with van der Waals surface area (Å²) in [4.78, 5) is 10.9. The van der Waals surface area contributed by atoms with Crippen molar-refractivity contribution in [2.75, 3.05) is 13.2 Å². The molecule has 21 heavy (non-hydrogen) atoms. The predicted molar refractivity (Wildman–Crippen MR) is 77.8 cm³/mol. The van der Waals surface area contributed by atoms with Gasteiger partial charge in [0.2, 0.25) is 0 Å². The van der Waals surface area contributed by atoms with E-state index in [1.807, 2.05) is 30.3 Å². The van der Waals surface area contributed by atoms with Crippen molar-refractivity contribution < 1.29 is 19.0 Å². The van der Waals surface area contributed by atoms with Crippen LogP contribution in [0, 0.1) is 0 Å². The van der Waals surface area contributed by atoms with Gasteiger partial charge in [0.15, 0.2) is 11.5 Å². The molecular formula is C17H16O4. The molecule has 0 amide bonds. The fraction of sp³-hybridized carbons (Fsp3) is 0.235. The van der Waals surface area contributed by atoms with Crippen LogP contribution < -0.4 is 9.47 Å². The molecule has 1 fully saturated rings. The monoisotopic (exact) mass is 284 g/mol. The minimum atomic E-state index is 0.0613. The van der Waals surface area contributed by atoms with E-state index in [4.69, 9.17) is 14.2 Å². The van der Waals surface area contributed by atoms with Crippen LogP contribution in [0.4, 0.5) is 0 Å². The summed E-state index contributed by atoms with van der Waals surface area (Å²) >= 11 is 0. The largest absolute Gasteiger partial charge is 0.485 e. The molecule has 0 N–H and O–H groups in total. The highest BCUT2D eigenvalue weighted by Crippen LogP contribution is 2.30. The number of carbonyl (C=O) groups excluding carboxylic acids is 1.